The van der Waals surface area contributed by atoms with Gasteiger partial charge in [-0.25, -0.2) is 0 Å². The van der Waals surface area contributed by atoms with E-state index in [9.17, 15) is 0 Å². The molecular formula is C31H49N2P. The average Bonchev–Trinajstić information content (AvgIpc) is 2.93. The molecule has 3 heteroatoms. The van der Waals surface area contributed by atoms with Gasteiger partial charge >= 0.3 is 0 Å². The maximum Gasteiger partial charge on any atom is 0.0627 e. The van der Waals surface area contributed by atoms with Crippen LogP contribution >= 0.6 is 7.05 Å². The van der Waals surface area contributed by atoms with Gasteiger partial charge in [0.05, 0.1) is 11.4 Å². The van der Waals surface area contributed by atoms with Crippen LogP contribution in [0.2, 0.25) is 0 Å². The molecule has 1 aromatic carbocycles. The number of hydrogen-bond donors (Lipinski definition) is 0. The van der Waals surface area contributed by atoms with Gasteiger partial charge in [-0.2, -0.15) is 0 Å². The van der Waals surface area contributed by atoms with Crippen molar-refractivity contribution in [2.75, 3.05) is 0 Å². The molecule has 4 aliphatic carbocycles. The molecule has 4 aliphatic rings. The fourth-order valence-electron chi connectivity index (χ4n) is 7.90. The molecule has 0 bridgehead atoms. The van der Waals surface area contributed by atoms with Crippen LogP contribution in [0.15, 0.2) is 34.0 Å². The first kappa shape index (κ1) is 24.8. The monoisotopic (exact) mass is 480 g/mol. The summed E-state index contributed by atoms with van der Waals surface area (Å²) in [5.74, 6) is 0.695. The third-order valence-electron chi connectivity index (χ3n) is 9.70. The number of rotatable bonds is 6. The SMILES string of the molecule is C(=Nc1ccc(N=P(C2CCCCC2)(C2CCCCC2)C2CCCCC2)cc1)C1CCCCC1. The van der Waals surface area contributed by atoms with Gasteiger partial charge in [0.15, 0.2) is 0 Å². The number of hydrogen-bond acceptors (Lipinski definition) is 2. The van der Waals surface area contributed by atoms with E-state index in [0.717, 1.165) is 22.7 Å². The van der Waals surface area contributed by atoms with E-state index in [1.807, 2.05) is 0 Å². The zero-order valence-electron chi connectivity index (χ0n) is 21.7. The summed E-state index contributed by atoms with van der Waals surface area (Å²) in [5, 5.41) is 0. The lowest BCUT2D eigenvalue weighted by molar-refractivity contribution is 0.445. The summed E-state index contributed by atoms with van der Waals surface area (Å²) in [4.78, 5) is 4.88. The van der Waals surface area contributed by atoms with Crippen LogP contribution in [-0.2, 0) is 0 Å². The van der Waals surface area contributed by atoms with Gasteiger partial charge in [0, 0.05) is 6.21 Å². The highest BCUT2D eigenvalue weighted by molar-refractivity contribution is 7.68. The van der Waals surface area contributed by atoms with Crippen LogP contribution in [0.25, 0.3) is 0 Å². The highest BCUT2D eigenvalue weighted by Crippen LogP contribution is 2.71. The Kier molecular flexibility index (Phi) is 9.03. The number of benzene rings is 1. The first-order valence-corrected chi connectivity index (χ1v) is 17.0. The molecule has 0 amide bonds. The standard InChI is InChI=1S/C31H49N2P/c1-5-13-26(14-6-1)25-32-27-21-23-28(24-22-27)33-34(29-15-7-2-8-16-29,30-17-9-3-10-18-30)31-19-11-4-12-20-31/h21-26,29-31H,1-20H2. The van der Waals surface area contributed by atoms with Gasteiger partial charge in [-0.05, 0) is 106 Å². The fraction of sp³-hybridized carbons (Fsp3) is 0.774. The van der Waals surface area contributed by atoms with Crippen molar-refractivity contribution >= 4 is 24.6 Å². The van der Waals surface area contributed by atoms with Crippen LogP contribution in [0, 0.1) is 5.92 Å². The Morgan fingerprint density at radius 3 is 1.32 bits per heavy atom. The molecule has 0 spiro atoms. The van der Waals surface area contributed by atoms with Crippen molar-refractivity contribution in [1.82, 2.24) is 0 Å². The van der Waals surface area contributed by atoms with Gasteiger partial charge in [-0.3, -0.25) is 9.74 Å². The van der Waals surface area contributed by atoms with Gasteiger partial charge < -0.3 is 0 Å². The highest BCUT2D eigenvalue weighted by atomic mass is 31.2. The van der Waals surface area contributed by atoms with Gasteiger partial charge in [0.1, 0.15) is 0 Å². The minimum atomic E-state index is -1.41. The first-order chi connectivity index (χ1) is 16.8. The zero-order chi connectivity index (χ0) is 23.1. The molecule has 0 aromatic heterocycles. The van der Waals surface area contributed by atoms with E-state index in [-0.39, 0.29) is 0 Å². The maximum atomic E-state index is 6.01. The van der Waals surface area contributed by atoms with E-state index < -0.39 is 7.05 Å². The largest absolute Gasteiger partial charge is 0.267 e. The Morgan fingerprint density at radius 1 is 0.500 bits per heavy atom. The summed E-state index contributed by atoms with van der Waals surface area (Å²) in [6.45, 7) is 0. The van der Waals surface area contributed by atoms with Crippen molar-refractivity contribution in [2.45, 2.75) is 145 Å². The van der Waals surface area contributed by atoms with Crippen LogP contribution in [0.5, 0.6) is 0 Å². The first-order valence-electron chi connectivity index (χ1n) is 15.1. The third-order valence-corrected chi connectivity index (χ3v) is 15.3. The molecule has 34 heavy (non-hydrogen) atoms. The minimum Gasteiger partial charge on any atom is -0.267 e. The summed E-state index contributed by atoms with van der Waals surface area (Å²) in [6.07, 6.45) is 31.0. The van der Waals surface area contributed by atoms with Gasteiger partial charge in [0.2, 0.25) is 0 Å². The zero-order valence-corrected chi connectivity index (χ0v) is 22.6. The van der Waals surface area contributed by atoms with Gasteiger partial charge in [-0.1, -0.05) is 77.0 Å². The van der Waals surface area contributed by atoms with Crippen molar-refractivity contribution < 1.29 is 0 Å². The highest BCUT2D eigenvalue weighted by Gasteiger charge is 2.44. The lowest BCUT2D eigenvalue weighted by Crippen LogP contribution is -2.31. The van der Waals surface area contributed by atoms with Crippen LogP contribution in [0.1, 0.15) is 128 Å². The molecule has 0 radical (unpaired) electrons. The topological polar surface area (TPSA) is 24.7 Å². The van der Waals surface area contributed by atoms with E-state index in [4.69, 9.17) is 9.74 Å². The molecule has 4 saturated carbocycles. The normalized spacial score (nSPS) is 25.1. The third kappa shape index (κ3) is 5.91. The second kappa shape index (κ2) is 12.4. The Bertz CT molecular complexity index is 765. The molecule has 1 aromatic rings. The molecule has 0 aliphatic heterocycles. The van der Waals surface area contributed by atoms with Crippen LogP contribution in [-0.4, -0.2) is 23.2 Å². The van der Waals surface area contributed by atoms with Crippen molar-refractivity contribution in [3.63, 3.8) is 0 Å². The maximum absolute atomic E-state index is 6.01. The number of aliphatic imine (C=N–C) groups is 1. The number of nitrogens with zero attached hydrogens (tertiary/aromatic N) is 2. The fourth-order valence-corrected chi connectivity index (χ4v) is 14.3. The second-order valence-electron chi connectivity index (χ2n) is 12.0. The van der Waals surface area contributed by atoms with Crippen molar-refractivity contribution in [2.24, 2.45) is 15.7 Å². The molecule has 0 atom stereocenters. The summed E-state index contributed by atoms with van der Waals surface area (Å²) < 4.78 is 6.01. The van der Waals surface area contributed by atoms with Gasteiger partial charge in [-0.15, -0.1) is 0 Å². The van der Waals surface area contributed by atoms with E-state index in [0.29, 0.717) is 5.92 Å². The molecule has 0 heterocycles. The van der Waals surface area contributed by atoms with E-state index in [1.165, 1.54) is 134 Å². The summed E-state index contributed by atoms with van der Waals surface area (Å²) in [7, 11) is -1.41. The molecule has 188 valence electrons. The molecule has 4 fully saturated rings. The molecular weight excluding hydrogens is 431 g/mol. The molecule has 0 N–H and O–H groups in total. The summed E-state index contributed by atoms with van der Waals surface area (Å²) >= 11 is 0. The molecule has 5 rings (SSSR count). The Morgan fingerprint density at radius 2 is 0.882 bits per heavy atom. The average molecular weight is 481 g/mol. The predicted octanol–water partition coefficient (Wildman–Crippen LogP) is 10.8. The van der Waals surface area contributed by atoms with Crippen LogP contribution in [0.4, 0.5) is 11.4 Å². The Hall–Kier alpha value is -0.880. The van der Waals surface area contributed by atoms with E-state index in [2.05, 4.69) is 30.5 Å². The Balaban J connectivity index is 1.46. The molecule has 0 saturated heterocycles. The van der Waals surface area contributed by atoms with Crippen molar-refractivity contribution in [3.05, 3.63) is 24.3 Å². The van der Waals surface area contributed by atoms with E-state index >= 15 is 0 Å². The quantitative estimate of drug-likeness (QED) is 0.286. The van der Waals surface area contributed by atoms with Crippen molar-refractivity contribution in [3.8, 4) is 0 Å². The molecule has 0 unspecified atom stereocenters. The van der Waals surface area contributed by atoms with Crippen LogP contribution in [0.3, 0.4) is 0 Å². The smallest absolute Gasteiger partial charge is 0.0627 e. The van der Waals surface area contributed by atoms with E-state index in [1.54, 1.807) is 0 Å². The van der Waals surface area contributed by atoms with Crippen molar-refractivity contribution in [1.29, 1.82) is 0 Å². The minimum absolute atomic E-state index is 0.695. The summed E-state index contributed by atoms with van der Waals surface area (Å²) in [6, 6.07) is 9.18. The lowest BCUT2D eigenvalue weighted by atomic mass is 9.90. The lowest BCUT2D eigenvalue weighted by Gasteiger charge is -2.48. The Labute approximate surface area is 209 Å². The van der Waals surface area contributed by atoms with Gasteiger partial charge in [0.25, 0.3) is 0 Å². The second-order valence-corrected chi connectivity index (χ2v) is 15.9. The van der Waals surface area contributed by atoms with Crippen LogP contribution < -0.4 is 0 Å². The molecule has 2 nitrogen and oxygen atoms in total. The predicted molar refractivity (Wildman–Crippen MR) is 151 cm³/mol. The summed E-state index contributed by atoms with van der Waals surface area (Å²) in [5.41, 5.74) is 5.15.